The molecule has 1 aromatic heterocycles. The van der Waals surface area contributed by atoms with Gasteiger partial charge in [0.25, 0.3) is 0 Å². The van der Waals surface area contributed by atoms with Gasteiger partial charge in [0.05, 0.1) is 0 Å². The van der Waals surface area contributed by atoms with Gasteiger partial charge in [-0.1, -0.05) is 35.0 Å². The molecule has 0 amide bonds. The molecular weight excluding hydrogens is 302 g/mol. The van der Waals surface area contributed by atoms with Crippen molar-refractivity contribution in [1.29, 1.82) is 0 Å². The van der Waals surface area contributed by atoms with Gasteiger partial charge in [-0.3, -0.25) is 0 Å². The van der Waals surface area contributed by atoms with Crippen LogP contribution >= 0.6 is 15.9 Å². The van der Waals surface area contributed by atoms with Crippen molar-refractivity contribution in [2.24, 2.45) is 0 Å². The Morgan fingerprint density at radius 2 is 2.00 bits per heavy atom. The molecule has 0 saturated heterocycles. The first-order valence-electron chi connectivity index (χ1n) is 6.47. The molecule has 19 heavy (non-hydrogen) atoms. The van der Waals surface area contributed by atoms with Gasteiger partial charge in [-0.25, -0.2) is 9.97 Å². The van der Waals surface area contributed by atoms with Crippen molar-refractivity contribution in [2.75, 3.05) is 11.9 Å². The minimum Gasteiger partial charge on any atom is -0.370 e. The van der Waals surface area contributed by atoms with Crippen molar-refractivity contribution in [3.05, 3.63) is 40.0 Å². The minimum absolute atomic E-state index is 0.767. The summed E-state index contributed by atoms with van der Waals surface area (Å²) in [6.07, 6.45) is 1.08. The maximum absolute atomic E-state index is 4.64. The van der Waals surface area contributed by atoms with Gasteiger partial charge in [0, 0.05) is 27.8 Å². The van der Waals surface area contributed by atoms with E-state index in [-0.39, 0.29) is 0 Å². The Morgan fingerprint density at radius 1 is 1.21 bits per heavy atom. The minimum atomic E-state index is 0.767. The number of aryl methyl sites for hydroxylation is 1. The number of anilines is 1. The lowest BCUT2D eigenvalue weighted by Gasteiger charge is -2.12. The molecule has 0 unspecified atom stereocenters. The van der Waals surface area contributed by atoms with Gasteiger partial charge >= 0.3 is 0 Å². The van der Waals surface area contributed by atoms with Gasteiger partial charge in [0.15, 0.2) is 5.82 Å². The van der Waals surface area contributed by atoms with E-state index in [1.807, 2.05) is 31.2 Å². The lowest BCUT2D eigenvalue weighted by molar-refractivity contribution is 0.954. The topological polar surface area (TPSA) is 37.8 Å². The van der Waals surface area contributed by atoms with E-state index in [0.717, 1.165) is 45.9 Å². The summed E-state index contributed by atoms with van der Waals surface area (Å²) in [5, 5.41) is 3.37. The summed E-state index contributed by atoms with van der Waals surface area (Å²) >= 11 is 3.48. The van der Waals surface area contributed by atoms with Crippen LogP contribution in [0.3, 0.4) is 0 Å². The van der Waals surface area contributed by atoms with Gasteiger partial charge in [-0.2, -0.15) is 0 Å². The van der Waals surface area contributed by atoms with E-state index in [1.165, 1.54) is 0 Å². The fourth-order valence-corrected chi connectivity index (χ4v) is 2.20. The molecule has 0 fully saturated rings. The molecule has 0 bridgehead atoms. The maximum atomic E-state index is 4.64. The summed E-state index contributed by atoms with van der Waals surface area (Å²) in [4.78, 5) is 9.22. The normalized spacial score (nSPS) is 10.5. The van der Waals surface area contributed by atoms with E-state index >= 15 is 0 Å². The van der Waals surface area contributed by atoms with E-state index in [4.69, 9.17) is 0 Å². The average Bonchev–Trinajstić information content (AvgIpc) is 2.40. The van der Waals surface area contributed by atoms with E-state index in [2.05, 4.69) is 45.1 Å². The number of rotatable bonds is 4. The van der Waals surface area contributed by atoms with Crippen LogP contribution in [0.1, 0.15) is 24.6 Å². The quantitative estimate of drug-likeness (QED) is 0.910. The number of nitrogens with zero attached hydrogens (tertiary/aromatic N) is 2. The highest BCUT2D eigenvalue weighted by Crippen LogP contribution is 2.23. The Morgan fingerprint density at radius 3 is 2.68 bits per heavy atom. The Hall–Kier alpha value is -1.42. The number of hydrogen-bond acceptors (Lipinski definition) is 3. The lowest BCUT2D eigenvalue weighted by atomic mass is 10.2. The lowest BCUT2D eigenvalue weighted by Crippen LogP contribution is -2.07. The predicted molar refractivity (Wildman–Crippen MR) is 83.4 cm³/mol. The van der Waals surface area contributed by atoms with Gasteiger partial charge in [-0.15, -0.1) is 0 Å². The molecule has 1 aromatic carbocycles. The van der Waals surface area contributed by atoms with Crippen LogP contribution < -0.4 is 5.32 Å². The fraction of sp³-hybridized carbons (Fsp3) is 0.333. The average molecular weight is 320 g/mol. The maximum Gasteiger partial charge on any atom is 0.161 e. The number of hydrogen-bond donors (Lipinski definition) is 1. The zero-order valence-corrected chi connectivity index (χ0v) is 13.1. The molecule has 4 heteroatoms. The van der Waals surface area contributed by atoms with Crippen LogP contribution in [0.2, 0.25) is 0 Å². The first-order valence-corrected chi connectivity index (χ1v) is 7.26. The third-order valence-corrected chi connectivity index (χ3v) is 3.51. The summed E-state index contributed by atoms with van der Waals surface area (Å²) < 4.78 is 1.04. The number of benzene rings is 1. The summed E-state index contributed by atoms with van der Waals surface area (Å²) in [6, 6.07) is 8.06. The van der Waals surface area contributed by atoms with E-state index in [0.29, 0.717) is 0 Å². The molecule has 0 spiro atoms. The third-order valence-electron chi connectivity index (χ3n) is 3.01. The Kier molecular flexibility index (Phi) is 4.53. The van der Waals surface area contributed by atoms with Crippen LogP contribution in [-0.4, -0.2) is 16.5 Å². The standard InChI is InChI=1S/C15H18BrN3/c1-4-8-17-14-10(2)11(3)18-15(19-14)12-6-5-7-13(16)9-12/h5-7,9H,4,8H2,1-3H3,(H,17,18,19). The van der Waals surface area contributed by atoms with Crippen LogP contribution in [0.5, 0.6) is 0 Å². The van der Waals surface area contributed by atoms with Crippen molar-refractivity contribution in [1.82, 2.24) is 9.97 Å². The van der Waals surface area contributed by atoms with E-state index in [1.54, 1.807) is 0 Å². The molecular formula is C15H18BrN3. The highest BCUT2D eigenvalue weighted by Gasteiger charge is 2.09. The summed E-state index contributed by atoms with van der Waals surface area (Å²) in [6.45, 7) is 7.15. The summed E-state index contributed by atoms with van der Waals surface area (Å²) in [5.41, 5.74) is 3.16. The van der Waals surface area contributed by atoms with Gasteiger partial charge in [0.2, 0.25) is 0 Å². The van der Waals surface area contributed by atoms with E-state index in [9.17, 15) is 0 Å². The number of halogens is 1. The Balaban J connectivity index is 2.44. The Labute approximate surface area is 122 Å². The van der Waals surface area contributed by atoms with Gasteiger partial charge < -0.3 is 5.32 Å². The van der Waals surface area contributed by atoms with Crippen LogP contribution in [-0.2, 0) is 0 Å². The van der Waals surface area contributed by atoms with Crippen molar-refractivity contribution < 1.29 is 0 Å². The molecule has 100 valence electrons. The number of nitrogens with one attached hydrogen (secondary N) is 1. The SMILES string of the molecule is CCCNc1nc(-c2cccc(Br)c2)nc(C)c1C. The predicted octanol–water partition coefficient (Wildman–Crippen LogP) is 4.34. The Bertz CT molecular complexity index is 582. The second kappa shape index (κ2) is 6.15. The van der Waals surface area contributed by atoms with Crippen molar-refractivity contribution in [3.63, 3.8) is 0 Å². The molecule has 0 aliphatic rings. The zero-order valence-electron chi connectivity index (χ0n) is 11.5. The van der Waals surface area contributed by atoms with Crippen molar-refractivity contribution in [2.45, 2.75) is 27.2 Å². The van der Waals surface area contributed by atoms with Crippen LogP contribution in [0, 0.1) is 13.8 Å². The molecule has 0 saturated carbocycles. The van der Waals surface area contributed by atoms with Crippen molar-refractivity contribution >= 4 is 21.7 Å². The van der Waals surface area contributed by atoms with Gasteiger partial charge in [-0.05, 0) is 32.4 Å². The second-order valence-electron chi connectivity index (χ2n) is 4.54. The molecule has 0 aliphatic carbocycles. The molecule has 0 aliphatic heterocycles. The van der Waals surface area contributed by atoms with Crippen LogP contribution in [0.25, 0.3) is 11.4 Å². The van der Waals surface area contributed by atoms with E-state index < -0.39 is 0 Å². The van der Waals surface area contributed by atoms with Crippen molar-refractivity contribution in [3.8, 4) is 11.4 Å². The molecule has 1 heterocycles. The fourth-order valence-electron chi connectivity index (χ4n) is 1.80. The van der Waals surface area contributed by atoms with Crippen LogP contribution in [0.15, 0.2) is 28.7 Å². The van der Waals surface area contributed by atoms with Crippen LogP contribution in [0.4, 0.5) is 5.82 Å². The molecule has 2 aromatic rings. The largest absolute Gasteiger partial charge is 0.370 e. The molecule has 1 N–H and O–H groups in total. The highest BCUT2D eigenvalue weighted by molar-refractivity contribution is 9.10. The zero-order chi connectivity index (χ0) is 13.8. The molecule has 0 radical (unpaired) electrons. The smallest absolute Gasteiger partial charge is 0.161 e. The monoisotopic (exact) mass is 319 g/mol. The third kappa shape index (κ3) is 3.32. The summed E-state index contributed by atoms with van der Waals surface area (Å²) in [7, 11) is 0. The first kappa shape index (κ1) is 14.0. The molecule has 2 rings (SSSR count). The first-order chi connectivity index (χ1) is 9.11. The van der Waals surface area contributed by atoms with Gasteiger partial charge in [0.1, 0.15) is 5.82 Å². The second-order valence-corrected chi connectivity index (χ2v) is 5.46. The molecule has 0 atom stereocenters. The highest BCUT2D eigenvalue weighted by atomic mass is 79.9. The number of aromatic nitrogens is 2. The molecule has 3 nitrogen and oxygen atoms in total. The summed E-state index contributed by atoms with van der Waals surface area (Å²) in [5.74, 6) is 1.70.